The number of carbonyl (C=O) groups excluding carboxylic acids is 1. The van der Waals surface area contributed by atoms with Gasteiger partial charge in [0.1, 0.15) is 34.3 Å². The average Bonchev–Trinajstić information content (AvgIpc) is 3.55. The molecule has 180 valence electrons. The van der Waals surface area contributed by atoms with Gasteiger partial charge in [-0.25, -0.2) is 31.6 Å². The highest BCUT2D eigenvalue weighted by molar-refractivity contribution is 7.92. The van der Waals surface area contributed by atoms with Gasteiger partial charge in [0.05, 0.1) is 22.2 Å². The van der Waals surface area contributed by atoms with Crippen molar-refractivity contribution in [1.29, 1.82) is 0 Å². The lowest BCUT2D eigenvalue weighted by molar-refractivity contribution is 0.103. The molecule has 1 saturated carbocycles. The van der Waals surface area contributed by atoms with Crippen LogP contribution in [0.4, 0.5) is 24.7 Å². The molecule has 12 heteroatoms. The standard InChI is InChI=1S/C23H18F3N5O3S/c24-14-3-1-2-4-17(14)35(33,34)31-16-8-7-15(25)19(20(16)26)21(32)13-10-28-23-18(13)22(29-11-30-23)27-9-12-5-6-12/h1-4,7-8,10-12,31H,5-6,9H2,(H2,27,28,29,30). The molecule has 35 heavy (non-hydrogen) atoms. The zero-order valence-corrected chi connectivity index (χ0v) is 18.8. The van der Waals surface area contributed by atoms with E-state index in [0.717, 1.165) is 37.1 Å². The summed E-state index contributed by atoms with van der Waals surface area (Å²) in [4.78, 5) is 23.6. The van der Waals surface area contributed by atoms with Gasteiger partial charge in [-0.15, -0.1) is 0 Å². The molecular formula is C23H18F3N5O3S. The summed E-state index contributed by atoms with van der Waals surface area (Å²) in [6, 6.07) is 6.09. The number of carbonyl (C=O) groups is 1. The third kappa shape index (κ3) is 4.32. The van der Waals surface area contributed by atoms with Gasteiger partial charge in [-0.2, -0.15) is 0 Å². The Morgan fingerprint density at radius 2 is 1.83 bits per heavy atom. The van der Waals surface area contributed by atoms with Gasteiger partial charge in [0.2, 0.25) is 5.78 Å². The van der Waals surface area contributed by atoms with E-state index in [1.807, 2.05) is 4.72 Å². The van der Waals surface area contributed by atoms with Gasteiger partial charge in [-0.3, -0.25) is 9.52 Å². The molecule has 0 spiro atoms. The van der Waals surface area contributed by atoms with Gasteiger partial charge in [-0.05, 0) is 43.0 Å². The van der Waals surface area contributed by atoms with Crippen molar-refractivity contribution in [3.05, 3.63) is 77.5 Å². The number of hydrogen-bond donors (Lipinski definition) is 3. The molecule has 0 unspecified atom stereocenters. The summed E-state index contributed by atoms with van der Waals surface area (Å²) >= 11 is 0. The molecule has 0 aliphatic heterocycles. The summed E-state index contributed by atoms with van der Waals surface area (Å²) in [5, 5.41) is 3.40. The van der Waals surface area contributed by atoms with Crippen LogP contribution in [0.1, 0.15) is 28.8 Å². The van der Waals surface area contributed by atoms with E-state index >= 15 is 4.39 Å². The number of nitrogens with one attached hydrogen (secondary N) is 3. The second kappa shape index (κ2) is 8.69. The number of anilines is 2. The zero-order valence-electron chi connectivity index (χ0n) is 18.0. The van der Waals surface area contributed by atoms with E-state index in [9.17, 15) is 22.0 Å². The minimum Gasteiger partial charge on any atom is -0.369 e. The number of sulfonamides is 1. The van der Waals surface area contributed by atoms with E-state index in [2.05, 4.69) is 20.3 Å². The number of rotatable bonds is 8. The van der Waals surface area contributed by atoms with E-state index in [-0.39, 0.29) is 10.9 Å². The van der Waals surface area contributed by atoms with Gasteiger partial charge in [0, 0.05) is 12.7 Å². The molecule has 2 aromatic heterocycles. The van der Waals surface area contributed by atoms with Crippen molar-refractivity contribution in [2.45, 2.75) is 17.7 Å². The molecule has 0 radical (unpaired) electrons. The van der Waals surface area contributed by atoms with Crippen molar-refractivity contribution in [3.8, 4) is 0 Å². The average molecular weight is 501 g/mol. The number of hydrogen-bond acceptors (Lipinski definition) is 6. The van der Waals surface area contributed by atoms with Crippen LogP contribution in [0.2, 0.25) is 0 Å². The van der Waals surface area contributed by atoms with Crippen molar-refractivity contribution < 1.29 is 26.4 Å². The Labute approximate surface area is 197 Å². The van der Waals surface area contributed by atoms with Crippen LogP contribution in [0.25, 0.3) is 11.0 Å². The van der Waals surface area contributed by atoms with Gasteiger partial charge in [-0.1, -0.05) is 12.1 Å². The minimum atomic E-state index is -4.56. The number of nitrogens with zero attached hydrogens (tertiary/aromatic N) is 2. The number of ketones is 1. The molecule has 3 N–H and O–H groups in total. The van der Waals surface area contributed by atoms with Crippen LogP contribution in [-0.4, -0.2) is 35.7 Å². The highest BCUT2D eigenvalue weighted by Crippen LogP contribution is 2.32. The molecule has 2 heterocycles. The zero-order chi connectivity index (χ0) is 24.7. The molecule has 0 bridgehead atoms. The van der Waals surface area contributed by atoms with E-state index < -0.39 is 49.4 Å². The molecule has 0 saturated heterocycles. The van der Waals surface area contributed by atoms with Gasteiger partial charge >= 0.3 is 0 Å². The Morgan fingerprint density at radius 3 is 2.57 bits per heavy atom. The van der Waals surface area contributed by atoms with Crippen molar-refractivity contribution in [2.75, 3.05) is 16.6 Å². The van der Waals surface area contributed by atoms with Crippen LogP contribution < -0.4 is 10.0 Å². The number of halogens is 3. The number of aromatic nitrogens is 3. The minimum absolute atomic E-state index is 0.0918. The van der Waals surface area contributed by atoms with Crippen LogP contribution in [0.3, 0.4) is 0 Å². The van der Waals surface area contributed by atoms with Gasteiger partial charge in [0.25, 0.3) is 10.0 Å². The number of fused-ring (bicyclic) bond motifs is 1. The Hall–Kier alpha value is -3.93. The van der Waals surface area contributed by atoms with E-state index in [1.54, 1.807) is 0 Å². The summed E-state index contributed by atoms with van der Waals surface area (Å²) in [5.41, 5.74) is -1.48. The molecule has 0 amide bonds. The first-order valence-electron chi connectivity index (χ1n) is 10.6. The lowest BCUT2D eigenvalue weighted by Gasteiger charge is -2.12. The van der Waals surface area contributed by atoms with Crippen molar-refractivity contribution in [2.24, 2.45) is 5.92 Å². The second-order valence-corrected chi connectivity index (χ2v) is 9.77. The predicted octanol–water partition coefficient (Wildman–Crippen LogP) is 4.23. The Morgan fingerprint density at radius 1 is 1.06 bits per heavy atom. The van der Waals surface area contributed by atoms with Crippen molar-refractivity contribution >= 4 is 38.3 Å². The maximum Gasteiger partial charge on any atom is 0.264 e. The molecule has 1 aliphatic carbocycles. The molecule has 1 aliphatic rings. The molecular weight excluding hydrogens is 483 g/mol. The van der Waals surface area contributed by atoms with Gasteiger partial charge < -0.3 is 10.3 Å². The Bertz CT molecular complexity index is 1570. The highest BCUT2D eigenvalue weighted by Gasteiger charge is 2.28. The fraction of sp³-hybridized carbons (Fsp3) is 0.174. The first-order chi connectivity index (χ1) is 16.8. The molecule has 2 aromatic carbocycles. The van der Waals surface area contributed by atoms with Crippen molar-refractivity contribution in [3.63, 3.8) is 0 Å². The SMILES string of the molecule is O=C(c1c(F)ccc(NS(=O)(=O)c2ccccc2F)c1F)c1c[nH]c2ncnc(NCC3CC3)c12. The first-order valence-corrected chi connectivity index (χ1v) is 12.1. The fourth-order valence-electron chi connectivity index (χ4n) is 3.68. The molecule has 1 fully saturated rings. The second-order valence-electron chi connectivity index (χ2n) is 8.12. The van der Waals surface area contributed by atoms with E-state index in [0.29, 0.717) is 23.9 Å². The van der Waals surface area contributed by atoms with Gasteiger partial charge in [0.15, 0.2) is 5.82 Å². The fourth-order valence-corrected chi connectivity index (χ4v) is 4.82. The topological polar surface area (TPSA) is 117 Å². The van der Waals surface area contributed by atoms with Crippen molar-refractivity contribution in [1.82, 2.24) is 15.0 Å². The monoisotopic (exact) mass is 501 g/mol. The summed E-state index contributed by atoms with van der Waals surface area (Å²) < 4.78 is 71.1. The summed E-state index contributed by atoms with van der Waals surface area (Å²) in [6.07, 6.45) is 4.71. The van der Waals surface area contributed by atoms with Crippen LogP contribution >= 0.6 is 0 Å². The molecule has 8 nitrogen and oxygen atoms in total. The first kappa shape index (κ1) is 22.8. The Kier molecular flexibility index (Phi) is 5.67. The van der Waals surface area contributed by atoms with Crippen LogP contribution in [0, 0.1) is 23.4 Å². The number of H-pyrrole nitrogens is 1. The summed E-state index contributed by atoms with van der Waals surface area (Å²) in [5.74, 6) is -3.89. The van der Waals surface area contributed by atoms with E-state index in [1.165, 1.54) is 24.7 Å². The van der Waals surface area contributed by atoms with Crippen LogP contribution in [-0.2, 0) is 10.0 Å². The Balaban J connectivity index is 1.53. The summed E-state index contributed by atoms with van der Waals surface area (Å²) in [7, 11) is -4.56. The number of benzene rings is 2. The normalized spacial score (nSPS) is 13.7. The lowest BCUT2D eigenvalue weighted by atomic mass is 10.0. The largest absolute Gasteiger partial charge is 0.369 e. The summed E-state index contributed by atoms with van der Waals surface area (Å²) in [6.45, 7) is 0.626. The number of aromatic amines is 1. The molecule has 5 rings (SSSR count). The molecule has 4 aromatic rings. The van der Waals surface area contributed by atoms with Crippen LogP contribution in [0.5, 0.6) is 0 Å². The quantitative estimate of drug-likeness (QED) is 0.311. The third-order valence-electron chi connectivity index (χ3n) is 5.66. The smallest absolute Gasteiger partial charge is 0.264 e. The predicted molar refractivity (Wildman–Crippen MR) is 122 cm³/mol. The highest BCUT2D eigenvalue weighted by atomic mass is 32.2. The van der Waals surface area contributed by atoms with Crippen LogP contribution in [0.15, 0.2) is 53.8 Å². The maximum absolute atomic E-state index is 15.3. The molecule has 0 atom stereocenters. The lowest BCUT2D eigenvalue weighted by Crippen LogP contribution is -2.17. The van der Waals surface area contributed by atoms with E-state index in [4.69, 9.17) is 0 Å². The maximum atomic E-state index is 15.3. The third-order valence-corrected chi connectivity index (χ3v) is 7.06.